The molecule has 7 heteroatoms. The van der Waals surface area contributed by atoms with Crippen molar-refractivity contribution >= 4 is 17.4 Å². The Labute approximate surface area is 133 Å². The number of nitrogens with zero attached hydrogens (tertiary/aromatic N) is 1. The Bertz CT molecular complexity index is 731. The number of carbonyl (C=O) groups excluding carboxylic acids is 1. The van der Waals surface area contributed by atoms with E-state index in [2.05, 4.69) is 10.6 Å². The van der Waals surface area contributed by atoms with Gasteiger partial charge in [-0.3, -0.25) is 10.1 Å². The summed E-state index contributed by atoms with van der Waals surface area (Å²) in [4.78, 5) is 22.3. The first kappa shape index (κ1) is 16.3. The third kappa shape index (κ3) is 4.44. The Morgan fingerprint density at radius 3 is 2.74 bits per heavy atom. The number of carbonyl (C=O) groups is 1. The number of aryl methyl sites for hydroxylation is 1. The molecule has 0 fully saturated rings. The van der Waals surface area contributed by atoms with Gasteiger partial charge in [-0.1, -0.05) is 18.2 Å². The van der Waals surface area contributed by atoms with E-state index in [1.54, 1.807) is 26.2 Å². The summed E-state index contributed by atoms with van der Waals surface area (Å²) >= 11 is 0. The van der Waals surface area contributed by atoms with Crippen LogP contribution in [0.1, 0.15) is 11.1 Å². The van der Waals surface area contributed by atoms with Crippen molar-refractivity contribution in [1.29, 1.82) is 0 Å². The van der Waals surface area contributed by atoms with Crippen molar-refractivity contribution in [2.75, 3.05) is 12.4 Å². The number of urea groups is 1. The van der Waals surface area contributed by atoms with Gasteiger partial charge in [0.05, 0.1) is 12.0 Å². The summed E-state index contributed by atoms with van der Waals surface area (Å²) in [6.07, 6.45) is 0. The summed E-state index contributed by atoms with van der Waals surface area (Å²) in [6, 6.07) is 11.4. The van der Waals surface area contributed by atoms with E-state index < -0.39 is 11.0 Å². The maximum atomic E-state index is 11.9. The smallest absolute Gasteiger partial charge is 0.319 e. The molecule has 0 heterocycles. The van der Waals surface area contributed by atoms with Gasteiger partial charge < -0.3 is 15.4 Å². The van der Waals surface area contributed by atoms with Crippen LogP contribution in [0.25, 0.3) is 0 Å². The van der Waals surface area contributed by atoms with Crippen LogP contribution in [0.5, 0.6) is 5.75 Å². The highest BCUT2D eigenvalue weighted by Crippen LogP contribution is 2.22. The summed E-state index contributed by atoms with van der Waals surface area (Å²) in [7, 11) is 1.57. The highest BCUT2D eigenvalue weighted by molar-refractivity contribution is 5.89. The van der Waals surface area contributed by atoms with Gasteiger partial charge in [-0.15, -0.1) is 0 Å². The Balaban J connectivity index is 1.97. The second-order valence-corrected chi connectivity index (χ2v) is 4.92. The number of nitro benzene ring substituents is 1. The summed E-state index contributed by atoms with van der Waals surface area (Å²) in [6.45, 7) is 1.96. The molecule has 2 N–H and O–H groups in total. The Morgan fingerprint density at radius 1 is 1.26 bits per heavy atom. The van der Waals surface area contributed by atoms with Gasteiger partial charge >= 0.3 is 6.03 Å². The summed E-state index contributed by atoms with van der Waals surface area (Å²) in [5.74, 6) is 0.707. The first-order valence-electron chi connectivity index (χ1n) is 6.92. The first-order valence-corrected chi connectivity index (χ1v) is 6.92. The summed E-state index contributed by atoms with van der Waals surface area (Å²) in [5.41, 5.74) is 1.76. The number of nitro groups is 1. The summed E-state index contributed by atoms with van der Waals surface area (Å²) < 4.78 is 5.11. The molecule has 0 aliphatic carbocycles. The largest absolute Gasteiger partial charge is 0.497 e. The van der Waals surface area contributed by atoms with Crippen LogP contribution in [-0.4, -0.2) is 18.1 Å². The van der Waals surface area contributed by atoms with E-state index in [1.165, 1.54) is 6.07 Å². The van der Waals surface area contributed by atoms with Crippen LogP contribution in [-0.2, 0) is 6.54 Å². The molecule has 7 nitrogen and oxygen atoms in total. The summed E-state index contributed by atoms with van der Waals surface area (Å²) in [5, 5.41) is 16.2. The maximum absolute atomic E-state index is 11.9. The van der Waals surface area contributed by atoms with Crippen molar-refractivity contribution < 1.29 is 14.5 Å². The SMILES string of the molecule is COc1cccc(CNC(=O)Nc2ccc(C)c([N+](=O)[O-])c2)c1. The minimum atomic E-state index is -0.478. The van der Waals surface area contributed by atoms with Gasteiger partial charge in [0.15, 0.2) is 0 Å². The lowest BCUT2D eigenvalue weighted by atomic mass is 10.2. The monoisotopic (exact) mass is 315 g/mol. The van der Waals surface area contributed by atoms with Crippen LogP contribution in [0.15, 0.2) is 42.5 Å². The van der Waals surface area contributed by atoms with Crippen LogP contribution < -0.4 is 15.4 Å². The minimum Gasteiger partial charge on any atom is -0.497 e. The fourth-order valence-corrected chi connectivity index (χ4v) is 2.02. The molecule has 23 heavy (non-hydrogen) atoms. The van der Waals surface area contributed by atoms with E-state index in [-0.39, 0.29) is 5.69 Å². The van der Waals surface area contributed by atoms with Gasteiger partial charge in [-0.25, -0.2) is 4.79 Å². The molecule has 0 saturated heterocycles. The van der Waals surface area contributed by atoms with Gasteiger partial charge in [0.1, 0.15) is 5.75 Å². The van der Waals surface area contributed by atoms with Gasteiger partial charge in [0, 0.05) is 23.9 Å². The molecule has 0 aromatic heterocycles. The van der Waals surface area contributed by atoms with Gasteiger partial charge in [-0.2, -0.15) is 0 Å². The third-order valence-corrected chi connectivity index (χ3v) is 3.25. The van der Waals surface area contributed by atoms with Crippen LogP contribution in [0, 0.1) is 17.0 Å². The topological polar surface area (TPSA) is 93.5 Å². The Morgan fingerprint density at radius 2 is 2.04 bits per heavy atom. The molecule has 0 unspecified atom stereocenters. The molecule has 0 aliphatic rings. The fourth-order valence-electron chi connectivity index (χ4n) is 2.02. The zero-order chi connectivity index (χ0) is 16.8. The number of hydrogen-bond donors (Lipinski definition) is 2. The lowest BCUT2D eigenvalue weighted by molar-refractivity contribution is -0.385. The van der Waals surface area contributed by atoms with Gasteiger partial charge in [-0.05, 0) is 30.7 Å². The van der Waals surface area contributed by atoms with Crippen molar-refractivity contribution in [2.45, 2.75) is 13.5 Å². The van der Waals surface area contributed by atoms with E-state index >= 15 is 0 Å². The van der Waals surface area contributed by atoms with Crippen molar-refractivity contribution in [1.82, 2.24) is 5.32 Å². The number of hydrogen-bond acceptors (Lipinski definition) is 4. The molecule has 2 aromatic carbocycles. The van der Waals surface area contributed by atoms with Gasteiger partial charge in [0.2, 0.25) is 0 Å². The molecule has 0 radical (unpaired) electrons. The van der Waals surface area contributed by atoms with E-state index in [0.717, 1.165) is 5.56 Å². The predicted octanol–water partition coefficient (Wildman–Crippen LogP) is 3.23. The van der Waals surface area contributed by atoms with Crippen molar-refractivity contribution in [3.63, 3.8) is 0 Å². The minimum absolute atomic E-state index is 0.0319. The predicted molar refractivity (Wildman–Crippen MR) is 86.7 cm³/mol. The maximum Gasteiger partial charge on any atom is 0.319 e. The quantitative estimate of drug-likeness (QED) is 0.654. The average Bonchev–Trinajstić information content (AvgIpc) is 2.54. The number of nitrogens with one attached hydrogen (secondary N) is 2. The number of amides is 2. The number of ether oxygens (including phenoxy) is 1. The molecule has 0 bridgehead atoms. The number of anilines is 1. The third-order valence-electron chi connectivity index (χ3n) is 3.25. The highest BCUT2D eigenvalue weighted by Gasteiger charge is 2.12. The van der Waals surface area contributed by atoms with Crippen molar-refractivity contribution in [2.24, 2.45) is 0 Å². The first-order chi connectivity index (χ1) is 11.0. The van der Waals surface area contributed by atoms with E-state index in [9.17, 15) is 14.9 Å². The fraction of sp³-hybridized carbons (Fsp3) is 0.188. The van der Waals surface area contributed by atoms with Crippen molar-refractivity contribution in [3.8, 4) is 5.75 Å². The molecule has 2 aromatic rings. The molecule has 0 atom stereocenters. The molecular formula is C16H17N3O4. The normalized spacial score (nSPS) is 10.0. The molecule has 2 rings (SSSR count). The van der Waals surface area contributed by atoms with Crippen LogP contribution in [0.4, 0.5) is 16.2 Å². The molecule has 2 amide bonds. The standard InChI is InChI=1S/C16H17N3O4/c1-11-6-7-13(9-15(11)19(21)22)18-16(20)17-10-12-4-3-5-14(8-12)23-2/h3-9H,10H2,1-2H3,(H2,17,18,20). The Kier molecular flexibility index (Phi) is 5.14. The number of benzene rings is 2. The van der Waals surface area contributed by atoms with E-state index in [0.29, 0.717) is 23.5 Å². The molecule has 120 valence electrons. The zero-order valence-corrected chi connectivity index (χ0v) is 12.8. The lowest BCUT2D eigenvalue weighted by Gasteiger charge is -2.09. The molecule has 0 spiro atoms. The van der Waals surface area contributed by atoms with Gasteiger partial charge in [0.25, 0.3) is 5.69 Å². The zero-order valence-electron chi connectivity index (χ0n) is 12.8. The number of rotatable bonds is 5. The molecular weight excluding hydrogens is 298 g/mol. The van der Waals surface area contributed by atoms with Crippen molar-refractivity contribution in [3.05, 3.63) is 63.7 Å². The van der Waals surface area contributed by atoms with E-state index in [4.69, 9.17) is 4.74 Å². The van der Waals surface area contributed by atoms with Crippen LogP contribution >= 0.6 is 0 Å². The molecule has 0 aliphatic heterocycles. The lowest BCUT2D eigenvalue weighted by Crippen LogP contribution is -2.28. The van der Waals surface area contributed by atoms with Crippen LogP contribution in [0.2, 0.25) is 0 Å². The number of methoxy groups -OCH3 is 1. The Hall–Kier alpha value is -3.09. The molecule has 0 saturated carbocycles. The van der Waals surface area contributed by atoms with Crippen LogP contribution in [0.3, 0.4) is 0 Å². The highest BCUT2D eigenvalue weighted by atomic mass is 16.6. The van der Waals surface area contributed by atoms with E-state index in [1.807, 2.05) is 24.3 Å². The average molecular weight is 315 g/mol. The second-order valence-electron chi connectivity index (χ2n) is 4.92. The second kappa shape index (κ2) is 7.26.